The molecule has 5 heteroatoms. The first-order valence-corrected chi connectivity index (χ1v) is 6.88. The van der Waals surface area contributed by atoms with Crippen LogP contribution in [0.25, 0.3) is 5.69 Å². The fourth-order valence-electron chi connectivity index (χ4n) is 1.87. The van der Waals surface area contributed by atoms with Crippen LogP contribution in [-0.2, 0) is 11.3 Å². The van der Waals surface area contributed by atoms with Crippen LogP contribution >= 0.6 is 0 Å². The second-order valence-corrected chi connectivity index (χ2v) is 4.50. The standard InChI is InChI=1S/C15H21N3O2/c19-8-10-20-9-4-7-16-11-14-12-17-18(13-14)15-5-2-1-3-6-15/h1-3,5-6,12-13,16,19H,4,7-11H2. The number of aliphatic hydroxyl groups excluding tert-OH is 1. The Morgan fingerprint density at radius 3 is 2.85 bits per heavy atom. The minimum absolute atomic E-state index is 0.0894. The third kappa shape index (κ3) is 4.77. The molecular weight excluding hydrogens is 254 g/mol. The van der Waals surface area contributed by atoms with Crippen molar-refractivity contribution in [2.45, 2.75) is 13.0 Å². The highest BCUT2D eigenvalue weighted by Crippen LogP contribution is 2.07. The molecule has 0 aliphatic rings. The maximum atomic E-state index is 8.56. The van der Waals surface area contributed by atoms with Crippen LogP contribution in [0.1, 0.15) is 12.0 Å². The molecule has 2 N–H and O–H groups in total. The van der Waals surface area contributed by atoms with Crippen LogP contribution in [0.4, 0.5) is 0 Å². The van der Waals surface area contributed by atoms with E-state index in [-0.39, 0.29) is 6.61 Å². The van der Waals surface area contributed by atoms with Gasteiger partial charge in [0.05, 0.1) is 25.1 Å². The number of nitrogens with zero attached hydrogens (tertiary/aromatic N) is 2. The monoisotopic (exact) mass is 275 g/mol. The van der Waals surface area contributed by atoms with Crippen LogP contribution in [0.3, 0.4) is 0 Å². The summed E-state index contributed by atoms with van der Waals surface area (Å²) < 4.78 is 7.07. The number of aromatic nitrogens is 2. The van der Waals surface area contributed by atoms with Gasteiger partial charge in [0.15, 0.2) is 0 Å². The Balaban J connectivity index is 1.69. The lowest BCUT2D eigenvalue weighted by atomic mass is 10.3. The highest BCUT2D eigenvalue weighted by Gasteiger charge is 2.00. The molecule has 2 rings (SSSR count). The predicted octanol–water partition coefficient (Wildman–Crippen LogP) is 1.36. The van der Waals surface area contributed by atoms with Crippen LogP contribution in [0.15, 0.2) is 42.7 Å². The molecule has 0 radical (unpaired) electrons. The van der Waals surface area contributed by atoms with Gasteiger partial charge in [0, 0.05) is 24.9 Å². The van der Waals surface area contributed by atoms with E-state index in [2.05, 4.69) is 10.4 Å². The van der Waals surface area contributed by atoms with Crippen molar-refractivity contribution in [1.29, 1.82) is 0 Å². The minimum Gasteiger partial charge on any atom is -0.394 e. The van der Waals surface area contributed by atoms with Crippen molar-refractivity contribution < 1.29 is 9.84 Å². The molecular formula is C15H21N3O2. The molecule has 1 heterocycles. The zero-order valence-electron chi connectivity index (χ0n) is 11.5. The Labute approximate surface area is 119 Å². The molecule has 0 aliphatic carbocycles. The number of nitrogens with one attached hydrogen (secondary N) is 1. The molecule has 0 saturated heterocycles. The van der Waals surface area contributed by atoms with Crippen molar-refractivity contribution in [1.82, 2.24) is 15.1 Å². The number of hydrogen-bond acceptors (Lipinski definition) is 4. The van der Waals surface area contributed by atoms with E-state index in [9.17, 15) is 0 Å². The van der Waals surface area contributed by atoms with E-state index in [0.717, 1.165) is 30.8 Å². The van der Waals surface area contributed by atoms with Gasteiger partial charge >= 0.3 is 0 Å². The number of benzene rings is 1. The lowest BCUT2D eigenvalue weighted by Crippen LogP contribution is -2.16. The molecule has 0 atom stereocenters. The largest absolute Gasteiger partial charge is 0.394 e. The Hall–Kier alpha value is -1.69. The molecule has 1 aromatic heterocycles. The van der Waals surface area contributed by atoms with Gasteiger partial charge in [-0.2, -0.15) is 5.10 Å². The first-order chi connectivity index (χ1) is 9.90. The van der Waals surface area contributed by atoms with Gasteiger partial charge in [-0.05, 0) is 25.1 Å². The predicted molar refractivity (Wildman–Crippen MR) is 77.8 cm³/mol. The van der Waals surface area contributed by atoms with Gasteiger partial charge in [-0.15, -0.1) is 0 Å². The highest BCUT2D eigenvalue weighted by atomic mass is 16.5. The first kappa shape index (κ1) is 14.7. The molecule has 2 aromatic rings. The Morgan fingerprint density at radius 2 is 2.05 bits per heavy atom. The zero-order chi connectivity index (χ0) is 14.0. The molecule has 0 unspecified atom stereocenters. The van der Waals surface area contributed by atoms with Crippen molar-refractivity contribution in [3.63, 3.8) is 0 Å². The third-order valence-electron chi connectivity index (χ3n) is 2.86. The fraction of sp³-hybridized carbons (Fsp3) is 0.400. The second-order valence-electron chi connectivity index (χ2n) is 4.50. The minimum atomic E-state index is 0.0894. The summed E-state index contributed by atoms with van der Waals surface area (Å²) in [5.41, 5.74) is 2.22. The fourth-order valence-corrected chi connectivity index (χ4v) is 1.87. The van der Waals surface area contributed by atoms with Crippen LogP contribution in [0.2, 0.25) is 0 Å². The number of para-hydroxylation sites is 1. The van der Waals surface area contributed by atoms with Crippen LogP contribution in [0.5, 0.6) is 0 Å². The van der Waals surface area contributed by atoms with E-state index >= 15 is 0 Å². The second kappa shape index (κ2) is 8.47. The van der Waals surface area contributed by atoms with Crippen LogP contribution < -0.4 is 5.32 Å². The molecule has 0 spiro atoms. The molecule has 0 aliphatic heterocycles. The van der Waals surface area contributed by atoms with Crippen molar-refractivity contribution in [2.24, 2.45) is 0 Å². The van der Waals surface area contributed by atoms with Gasteiger partial charge in [-0.25, -0.2) is 4.68 Å². The lowest BCUT2D eigenvalue weighted by Gasteiger charge is -2.03. The molecule has 0 amide bonds. The summed E-state index contributed by atoms with van der Waals surface area (Å²) >= 11 is 0. The number of rotatable bonds is 9. The average Bonchev–Trinajstić information content (AvgIpc) is 2.96. The van der Waals surface area contributed by atoms with Gasteiger partial charge in [-0.3, -0.25) is 0 Å². The van der Waals surface area contributed by atoms with Gasteiger partial charge < -0.3 is 15.2 Å². The summed E-state index contributed by atoms with van der Waals surface area (Å²) in [7, 11) is 0. The average molecular weight is 275 g/mol. The SMILES string of the molecule is OCCOCCCNCc1cnn(-c2ccccc2)c1. The van der Waals surface area contributed by atoms with Gasteiger partial charge in [0.2, 0.25) is 0 Å². The number of ether oxygens (including phenoxy) is 1. The lowest BCUT2D eigenvalue weighted by molar-refractivity contribution is 0.0907. The van der Waals surface area contributed by atoms with Crippen molar-refractivity contribution >= 4 is 0 Å². The molecule has 0 saturated carbocycles. The van der Waals surface area contributed by atoms with Crippen LogP contribution in [-0.4, -0.2) is 41.3 Å². The van der Waals surface area contributed by atoms with Crippen LogP contribution in [0, 0.1) is 0 Å². The summed E-state index contributed by atoms with van der Waals surface area (Å²) in [4.78, 5) is 0. The van der Waals surface area contributed by atoms with E-state index in [4.69, 9.17) is 9.84 Å². The van der Waals surface area contributed by atoms with Gasteiger partial charge in [0.25, 0.3) is 0 Å². The maximum absolute atomic E-state index is 8.56. The molecule has 20 heavy (non-hydrogen) atoms. The molecule has 108 valence electrons. The summed E-state index contributed by atoms with van der Waals surface area (Å²) in [6, 6.07) is 10.1. The topological polar surface area (TPSA) is 59.3 Å². The molecule has 5 nitrogen and oxygen atoms in total. The Morgan fingerprint density at radius 1 is 1.20 bits per heavy atom. The van der Waals surface area contributed by atoms with Crippen molar-refractivity contribution in [3.8, 4) is 5.69 Å². The van der Waals surface area contributed by atoms with E-state index in [0.29, 0.717) is 13.2 Å². The molecule has 0 bridgehead atoms. The number of hydrogen-bond donors (Lipinski definition) is 2. The maximum Gasteiger partial charge on any atom is 0.0697 e. The van der Waals surface area contributed by atoms with E-state index in [1.54, 1.807) is 0 Å². The Kier molecular flexibility index (Phi) is 6.23. The van der Waals surface area contributed by atoms with Crippen molar-refractivity contribution in [3.05, 3.63) is 48.3 Å². The Bertz CT molecular complexity index is 485. The summed E-state index contributed by atoms with van der Waals surface area (Å²) in [6.45, 7) is 2.88. The normalized spacial score (nSPS) is 10.8. The smallest absolute Gasteiger partial charge is 0.0697 e. The quantitative estimate of drug-likeness (QED) is 0.678. The van der Waals surface area contributed by atoms with E-state index in [1.165, 1.54) is 0 Å². The van der Waals surface area contributed by atoms with E-state index < -0.39 is 0 Å². The third-order valence-corrected chi connectivity index (χ3v) is 2.86. The zero-order valence-corrected chi connectivity index (χ0v) is 11.5. The first-order valence-electron chi connectivity index (χ1n) is 6.88. The molecule has 0 fully saturated rings. The number of aliphatic hydroxyl groups is 1. The van der Waals surface area contributed by atoms with Gasteiger partial charge in [-0.1, -0.05) is 18.2 Å². The summed E-state index contributed by atoms with van der Waals surface area (Å²) in [5.74, 6) is 0. The van der Waals surface area contributed by atoms with E-state index in [1.807, 2.05) is 47.4 Å². The highest BCUT2D eigenvalue weighted by molar-refractivity contribution is 5.30. The van der Waals surface area contributed by atoms with Crippen molar-refractivity contribution in [2.75, 3.05) is 26.4 Å². The summed E-state index contributed by atoms with van der Waals surface area (Å²) in [6.07, 6.45) is 4.85. The molecule has 1 aromatic carbocycles. The summed E-state index contributed by atoms with van der Waals surface area (Å²) in [5, 5.41) is 16.3. The van der Waals surface area contributed by atoms with Gasteiger partial charge in [0.1, 0.15) is 0 Å².